The zero-order valence-electron chi connectivity index (χ0n) is 48.6. The second-order valence-electron chi connectivity index (χ2n) is 23.7. The van der Waals surface area contributed by atoms with Crippen molar-refractivity contribution < 1.29 is 86.6 Å². The van der Waals surface area contributed by atoms with Crippen LogP contribution in [0.3, 0.4) is 0 Å². The first-order valence-corrected chi connectivity index (χ1v) is 28.2. The maximum absolute atomic E-state index is 15.4. The Hall–Kier alpha value is -2.44. The summed E-state index contributed by atoms with van der Waals surface area (Å²) in [5, 5.41) is 39.2. The van der Waals surface area contributed by atoms with Crippen LogP contribution >= 0.6 is 0 Å². The van der Waals surface area contributed by atoms with Crippen molar-refractivity contribution in [1.82, 2.24) is 4.90 Å². The fraction of sp³-hybridized carbons (Fsp3) is 0.929. The zero-order valence-corrected chi connectivity index (χ0v) is 48.6. The Morgan fingerprint density at radius 2 is 1.49 bits per heavy atom. The number of hydrogen-bond donors (Lipinski definition) is 3. The van der Waals surface area contributed by atoms with Gasteiger partial charge in [-0.15, -0.1) is 0 Å². The van der Waals surface area contributed by atoms with Crippen LogP contribution in [0, 0.1) is 47.3 Å². The molecule has 0 aromatic rings. The molecule has 20 heteroatoms. The van der Waals surface area contributed by atoms with Crippen molar-refractivity contribution >= 4 is 23.4 Å². The number of carbonyl (C=O) groups excluding carboxylic acids is 3. The molecule has 1 unspecified atom stereocenters. The van der Waals surface area contributed by atoms with Crippen molar-refractivity contribution in [1.29, 1.82) is 0 Å². The summed E-state index contributed by atoms with van der Waals surface area (Å²) in [6.07, 6.45) is -8.77. The van der Waals surface area contributed by atoms with Gasteiger partial charge in [0.1, 0.15) is 49.3 Å². The molecule has 0 radical (unpaired) electrons. The molecule has 440 valence electrons. The number of cyclic esters (lactones) is 1. The van der Waals surface area contributed by atoms with Crippen LogP contribution in [-0.2, 0) is 71.3 Å². The molecular formula is C56H98N2O18. The van der Waals surface area contributed by atoms with E-state index in [9.17, 15) is 20.1 Å². The fourth-order valence-corrected chi connectivity index (χ4v) is 12.3. The summed E-state index contributed by atoms with van der Waals surface area (Å²) in [5.74, 6) is -6.30. The third-order valence-corrected chi connectivity index (χ3v) is 16.6. The molecule has 76 heavy (non-hydrogen) atoms. The van der Waals surface area contributed by atoms with E-state index in [1.54, 1.807) is 27.7 Å². The number of aliphatic hydroxyl groups excluding tert-OH is 2. The predicted molar refractivity (Wildman–Crippen MR) is 280 cm³/mol. The molecule has 0 aromatic carbocycles. The lowest BCUT2D eigenvalue weighted by molar-refractivity contribution is -0.305. The standard InChI is InChI=1S/C56H98N2O18/c1-29(2)23-42(59)73-48-36(9)47(31(4)28-69-55-51(66-15)50(65-14)44(60)39(12)72-55)75-53(63)38(11)49(74-43-24-32(5)58(27-34(7)70-43)20-17-40-18-21-68-22-19-40)35(8)46(30(3)26-56(13,64)52(62)37(48)10)76-54-45(61)41(57-67-16)25-33(6)71-54/h29-40,43-51,54-55,60-61,64H,17-28H2,1-16H3/t30-,31-,32?,33+,34-,35+,36-,37+,38+,39+,43-,44+,45+,46-,47+,48+,49-,50+,51+,54-,55+,56-/m0/s1. The van der Waals surface area contributed by atoms with Crippen molar-refractivity contribution in [2.75, 3.05) is 54.2 Å². The van der Waals surface area contributed by atoms with Crippen LogP contribution in [0.15, 0.2) is 5.16 Å². The van der Waals surface area contributed by atoms with Crippen molar-refractivity contribution in [3.63, 3.8) is 0 Å². The Morgan fingerprint density at radius 3 is 2.12 bits per heavy atom. The number of aliphatic hydroxyl groups is 3. The zero-order chi connectivity index (χ0) is 56.3. The predicted octanol–water partition coefficient (Wildman–Crippen LogP) is 5.46. The smallest absolute Gasteiger partial charge is 0.311 e. The van der Waals surface area contributed by atoms with Crippen LogP contribution in [0.2, 0.25) is 0 Å². The average molecular weight is 1090 g/mol. The summed E-state index contributed by atoms with van der Waals surface area (Å²) in [4.78, 5) is 51.6. The van der Waals surface area contributed by atoms with Gasteiger partial charge in [0.2, 0.25) is 0 Å². The second kappa shape index (κ2) is 29.3. The van der Waals surface area contributed by atoms with Gasteiger partial charge in [-0.3, -0.25) is 19.3 Å². The molecule has 5 saturated heterocycles. The van der Waals surface area contributed by atoms with Crippen molar-refractivity contribution in [3.05, 3.63) is 0 Å². The van der Waals surface area contributed by atoms with E-state index in [1.165, 1.54) is 28.3 Å². The highest BCUT2D eigenvalue weighted by molar-refractivity contribution is 5.90. The Kier molecular flexibility index (Phi) is 24.8. The highest BCUT2D eigenvalue weighted by Crippen LogP contribution is 2.40. The number of hydrogen-bond acceptors (Lipinski definition) is 20. The van der Waals surface area contributed by atoms with Crippen molar-refractivity contribution in [2.45, 2.75) is 233 Å². The summed E-state index contributed by atoms with van der Waals surface area (Å²) in [6.45, 7) is 26.6. The van der Waals surface area contributed by atoms with E-state index in [0.717, 1.165) is 39.0 Å². The van der Waals surface area contributed by atoms with Gasteiger partial charge in [-0.05, 0) is 91.5 Å². The third-order valence-electron chi connectivity index (χ3n) is 16.6. The summed E-state index contributed by atoms with van der Waals surface area (Å²) >= 11 is 0. The van der Waals surface area contributed by atoms with Gasteiger partial charge in [0.15, 0.2) is 24.7 Å². The lowest BCUT2D eigenvalue weighted by Gasteiger charge is -2.44. The minimum atomic E-state index is -2.02. The van der Waals surface area contributed by atoms with Gasteiger partial charge in [-0.25, -0.2) is 0 Å². The maximum Gasteiger partial charge on any atom is 0.311 e. The van der Waals surface area contributed by atoms with Gasteiger partial charge in [-0.1, -0.05) is 53.6 Å². The maximum atomic E-state index is 15.4. The van der Waals surface area contributed by atoms with Crippen LogP contribution in [0.25, 0.3) is 0 Å². The number of rotatable bonds is 17. The Labute approximate surface area is 453 Å². The molecular weight excluding hydrogens is 989 g/mol. The van der Waals surface area contributed by atoms with Crippen molar-refractivity contribution in [2.24, 2.45) is 52.5 Å². The first-order valence-electron chi connectivity index (χ1n) is 28.2. The fourth-order valence-electron chi connectivity index (χ4n) is 12.3. The molecule has 0 amide bonds. The minimum absolute atomic E-state index is 0.0448. The van der Waals surface area contributed by atoms with Crippen LogP contribution in [0.1, 0.15) is 135 Å². The molecule has 0 spiro atoms. The van der Waals surface area contributed by atoms with Crippen molar-refractivity contribution in [3.8, 4) is 0 Å². The van der Waals surface area contributed by atoms with Crippen LogP contribution in [0.4, 0.5) is 0 Å². The summed E-state index contributed by atoms with van der Waals surface area (Å²) < 4.78 is 69.5. The average Bonchev–Trinajstić information content (AvgIpc) is 3.50. The first-order chi connectivity index (χ1) is 35.8. The largest absolute Gasteiger partial charge is 0.461 e. The van der Waals surface area contributed by atoms with E-state index in [2.05, 4.69) is 17.0 Å². The normalized spacial score (nSPS) is 42.2. The lowest BCUT2D eigenvalue weighted by Crippen LogP contribution is -2.59. The molecule has 22 atom stereocenters. The first kappa shape index (κ1) is 64.4. The molecule has 5 aliphatic heterocycles. The molecule has 5 fully saturated rings. The number of ketones is 1. The molecule has 5 rings (SSSR count). The summed E-state index contributed by atoms with van der Waals surface area (Å²) in [7, 11) is 4.33. The van der Waals surface area contributed by atoms with Gasteiger partial charge in [0, 0.05) is 77.0 Å². The quantitative estimate of drug-likeness (QED) is 0.121. The number of ether oxygens (including phenoxy) is 11. The monoisotopic (exact) mass is 1090 g/mol. The third kappa shape index (κ3) is 16.8. The Balaban J connectivity index is 1.59. The number of nitrogens with zero attached hydrogens (tertiary/aromatic N) is 2. The molecule has 0 aliphatic carbocycles. The number of esters is 2. The van der Waals surface area contributed by atoms with Gasteiger partial charge >= 0.3 is 11.9 Å². The molecule has 0 bridgehead atoms. The highest BCUT2D eigenvalue weighted by Gasteiger charge is 2.51. The number of methoxy groups -OCH3 is 2. The van der Waals surface area contributed by atoms with Gasteiger partial charge in [0.05, 0.1) is 54.7 Å². The molecule has 0 aromatic heterocycles. The second-order valence-corrected chi connectivity index (χ2v) is 23.7. The van der Waals surface area contributed by atoms with E-state index < -0.39 is 139 Å². The minimum Gasteiger partial charge on any atom is -0.461 e. The summed E-state index contributed by atoms with van der Waals surface area (Å²) in [5.41, 5.74) is -1.70. The SMILES string of the molecule is CON=C1C[C@@H](C)O[C@@H](O[C@@H]2[C@@H](C)[C@H](O[C@H]3CC(C)N(CCC4CCOCC4)C[C@H](C)O3)[C@@H](C)C(=O)O[C@H]([C@@H](C)CO[C@@H]3O[C@H](C)[C@@H](O)[C@@H](OC)[C@H]3OC)[C@H](C)[C@@H](OC(=O)CC(C)C)[C@@H](C)C(=O)[C@@](C)(O)C[C@@H]2C)[C@@H]1O. The van der Waals surface area contributed by atoms with Crippen LogP contribution < -0.4 is 0 Å². The highest BCUT2D eigenvalue weighted by atomic mass is 16.7. The summed E-state index contributed by atoms with van der Waals surface area (Å²) in [6, 6.07) is 0.0448. The van der Waals surface area contributed by atoms with E-state index in [0.29, 0.717) is 24.6 Å². The van der Waals surface area contributed by atoms with Gasteiger partial charge in [-0.2, -0.15) is 0 Å². The van der Waals surface area contributed by atoms with E-state index in [1.807, 2.05) is 48.5 Å². The number of carbonyl (C=O) groups is 3. The van der Waals surface area contributed by atoms with Gasteiger partial charge in [0.25, 0.3) is 0 Å². The molecule has 0 saturated carbocycles. The molecule has 3 N–H and O–H groups in total. The number of oxime groups is 1. The molecule has 20 nitrogen and oxygen atoms in total. The van der Waals surface area contributed by atoms with E-state index in [4.69, 9.17) is 56.9 Å². The Bertz CT molecular complexity index is 1830. The van der Waals surface area contributed by atoms with Gasteiger partial charge < -0.3 is 72.3 Å². The molecule has 5 aliphatic rings. The van der Waals surface area contributed by atoms with Crippen LogP contribution in [-0.4, -0.2) is 196 Å². The van der Waals surface area contributed by atoms with Crippen LogP contribution in [0.5, 0.6) is 0 Å². The Morgan fingerprint density at radius 1 is 0.816 bits per heavy atom. The molecule has 5 heterocycles. The number of Topliss-reactive ketones (excluding diaryl/α,β-unsaturated/α-hetero) is 1. The topological polar surface area (TPSA) is 238 Å². The van der Waals surface area contributed by atoms with E-state index in [-0.39, 0.29) is 43.9 Å². The lowest BCUT2D eigenvalue weighted by atomic mass is 9.74. The van der Waals surface area contributed by atoms with E-state index >= 15 is 9.59 Å².